The Kier molecular flexibility index (Phi) is 5.18. The minimum Gasteiger partial charge on any atom is -0.349 e. The maximum atomic E-state index is 12.6. The molecule has 2 heterocycles. The second-order valence-electron chi connectivity index (χ2n) is 7.13. The van der Waals surface area contributed by atoms with Crippen LogP contribution in [0.5, 0.6) is 0 Å². The third kappa shape index (κ3) is 4.13. The van der Waals surface area contributed by atoms with E-state index in [2.05, 4.69) is 24.3 Å². The first-order valence-corrected chi connectivity index (χ1v) is 10.0. The van der Waals surface area contributed by atoms with Gasteiger partial charge in [-0.25, -0.2) is 8.42 Å². The zero-order valence-electron chi connectivity index (χ0n) is 14.5. The maximum Gasteiger partial charge on any atom is 0.254 e. The van der Waals surface area contributed by atoms with E-state index in [1.807, 2.05) is 20.8 Å². The van der Waals surface area contributed by atoms with Gasteiger partial charge in [0.25, 0.3) is 5.91 Å². The Morgan fingerprint density at radius 2 is 1.96 bits per heavy atom. The van der Waals surface area contributed by atoms with Crippen LogP contribution in [0.2, 0.25) is 0 Å². The summed E-state index contributed by atoms with van der Waals surface area (Å²) in [4.78, 5) is 12.6. The highest BCUT2D eigenvalue weighted by Crippen LogP contribution is 2.26. The number of carbonyl (C=O) groups excluding carboxylic acids is 1. The van der Waals surface area contributed by atoms with Gasteiger partial charge in [-0.05, 0) is 25.2 Å². The fourth-order valence-corrected chi connectivity index (χ4v) is 4.33. The van der Waals surface area contributed by atoms with Crippen LogP contribution in [0.4, 0.5) is 0 Å². The van der Waals surface area contributed by atoms with Gasteiger partial charge in [-0.1, -0.05) is 27.7 Å². The number of nitrogens with one attached hydrogen (secondary N) is 1. The van der Waals surface area contributed by atoms with Gasteiger partial charge in [-0.15, -0.1) is 0 Å². The number of hydrogen-bond donors (Lipinski definition) is 1. The van der Waals surface area contributed by atoms with E-state index < -0.39 is 9.84 Å². The number of sulfone groups is 1. The molecule has 1 saturated heterocycles. The average molecular weight is 341 g/mol. The van der Waals surface area contributed by atoms with Gasteiger partial charge >= 0.3 is 0 Å². The number of rotatable bonds is 5. The SMILES string of the molecule is CC(C)c1nn(C2CCS(=O)(=O)C2)cc1C(=O)NC(C)C(C)C. The first-order chi connectivity index (χ1) is 10.6. The van der Waals surface area contributed by atoms with Crippen molar-refractivity contribution < 1.29 is 13.2 Å². The zero-order chi connectivity index (χ0) is 17.4. The topological polar surface area (TPSA) is 81.1 Å². The number of carbonyl (C=O) groups is 1. The Morgan fingerprint density at radius 1 is 1.30 bits per heavy atom. The van der Waals surface area contributed by atoms with Gasteiger partial charge in [0, 0.05) is 12.2 Å². The second-order valence-corrected chi connectivity index (χ2v) is 9.35. The van der Waals surface area contributed by atoms with Crippen LogP contribution < -0.4 is 5.32 Å². The van der Waals surface area contributed by atoms with Gasteiger partial charge < -0.3 is 5.32 Å². The van der Waals surface area contributed by atoms with Crippen LogP contribution >= 0.6 is 0 Å². The Hall–Kier alpha value is -1.37. The molecule has 6 nitrogen and oxygen atoms in total. The molecule has 1 aromatic heterocycles. The van der Waals surface area contributed by atoms with Gasteiger partial charge in [0.15, 0.2) is 9.84 Å². The quantitative estimate of drug-likeness (QED) is 0.890. The highest BCUT2D eigenvalue weighted by Gasteiger charge is 2.31. The molecule has 1 fully saturated rings. The average Bonchev–Trinajstić information content (AvgIpc) is 3.01. The first-order valence-electron chi connectivity index (χ1n) is 8.21. The molecule has 1 amide bonds. The molecule has 1 aliphatic heterocycles. The molecule has 0 radical (unpaired) electrons. The number of amides is 1. The van der Waals surface area contributed by atoms with Crippen LogP contribution in [0.15, 0.2) is 6.20 Å². The van der Waals surface area contributed by atoms with Gasteiger partial charge in [0.05, 0.1) is 28.8 Å². The molecule has 0 spiro atoms. The van der Waals surface area contributed by atoms with Crippen molar-refractivity contribution in [2.75, 3.05) is 11.5 Å². The maximum absolute atomic E-state index is 12.6. The first kappa shape index (κ1) is 18.0. The van der Waals surface area contributed by atoms with Crippen LogP contribution in [0.25, 0.3) is 0 Å². The summed E-state index contributed by atoms with van der Waals surface area (Å²) in [6, 6.07) is -0.0979. The molecule has 0 aromatic carbocycles. The van der Waals surface area contributed by atoms with E-state index in [-0.39, 0.29) is 35.4 Å². The van der Waals surface area contributed by atoms with Gasteiger partial charge in [0.1, 0.15) is 0 Å². The molecule has 2 atom stereocenters. The molecule has 2 rings (SSSR count). The molecular formula is C16H27N3O3S. The predicted molar refractivity (Wildman–Crippen MR) is 90.4 cm³/mol. The predicted octanol–water partition coefficient (Wildman–Crippen LogP) is 2.14. The molecule has 23 heavy (non-hydrogen) atoms. The van der Waals surface area contributed by atoms with Crippen molar-refractivity contribution in [3.05, 3.63) is 17.5 Å². The molecule has 1 aromatic rings. The van der Waals surface area contributed by atoms with Crippen LogP contribution in [-0.4, -0.2) is 41.7 Å². The highest BCUT2D eigenvalue weighted by atomic mass is 32.2. The molecule has 7 heteroatoms. The second kappa shape index (κ2) is 6.63. The molecule has 130 valence electrons. The molecule has 1 aliphatic rings. The van der Waals surface area contributed by atoms with Gasteiger partial charge in [-0.2, -0.15) is 5.10 Å². The lowest BCUT2D eigenvalue weighted by Gasteiger charge is -2.17. The largest absolute Gasteiger partial charge is 0.349 e. The van der Waals surface area contributed by atoms with Crippen LogP contribution in [0, 0.1) is 5.92 Å². The van der Waals surface area contributed by atoms with Crippen molar-refractivity contribution in [3.63, 3.8) is 0 Å². The molecule has 0 aliphatic carbocycles. The summed E-state index contributed by atoms with van der Waals surface area (Å²) >= 11 is 0. The lowest BCUT2D eigenvalue weighted by Crippen LogP contribution is -2.36. The van der Waals surface area contributed by atoms with Crippen LogP contribution in [-0.2, 0) is 9.84 Å². The summed E-state index contributed by atoms with van der Waals surface area (Å²) in [6.45, 7) is 10.1. The summed E-state index contributed by atoms with van der Waals surface area (Å²) in [5, 5.41) is 7.52. The van der Waals surface area contributed by atoms with Crippen molar-refractivity contribution in [1.29, 1.82) is 0 Å². The number of aromatic nitrogens is 2. The van der Waals surface area contributed by atoms with E-state index in [0.29, 0.717) is 17.9 Å². The van der Waals surface area contributed by atoms with Crippen molar-refractivity contribution >= 4 is 15.7 Å². The van der Waals surface area contributed by atoms with Crippen molar-refractivity contribution in [2.24, 2.45) is 5.92 Å². The molecule has 1 N–H and O–H groups in total. The molecule has 2 unspecified atom stereocenters. The van der Waals surface area contributed by atoms with Crippen molar-refractivity contribution in [2.45, 2.75) is 59.0 Å². The normalized spacial score (nSPS) is 21.8. The summed E-state index contributed by atoms with van der Waals surface area (Å²) in [7, 11) is -2.98. The van der Waals surface area contributed by atoms with Gasteiger partial charge in [-0.3, -0.25) is 9.48 Å². The minimum atomic E-state index is -2.98. The Bertz CT molecular complexity index is 677. The standard InChI is InChI=1S/C16H27N3O3S/c1-10(2)12(5)17-16(20)14-8-19(18-15(14)11(3)4)13-6-7-23(21,22)9-13/h8,10-13H,6-7,9H2,1-5H3,(H,17,20). The van der Waals surface area contributed by atoms with E-state index >= 15 is 0 Å². The Morgan fingerprint density at radius 3 is 2.43 bits per heavy atom. The van der Waals surface area contributed by atoms with Crippen LogP contribution in [0.3, 0.4) is 0 Å². The smallest absolute Gasteiger partial charge is 0.254 e. The van der Waals surface area contributed by atoms with E-state index in [1.165, 1.54) is 0 Å². The van der Waals surface area contributed by atoms with E-state index in [0.717, 1.165) is 5.69 Å². The Balaban J connectivity index is 2.27. The fourth-order valence-electron chi connectivity index (χ4n) is 2.63. The highest BCUT2D eigenvalue weighted by molar-refractivity contribution is 7.91. The van der Waals surface area contributed by atoms with Crippen molar-refractivity contribution in [1.82, 2.24) is 15.1 Å². The van der Waals surface area contributed by atoms with E-state index in [9.17, 15) is 13.2 Å². The zero-order valence-corrected chi connectivity index (χ0v) is 15.4. The fraction of sp³-hybridized carbons (Fsp3) is 0.750. The number of hydrogen-bond acceptors (Lipinski definition) is 4. The molecular weight excluding hydrogens is 314 g/mol. The van der Waals surface area contributed by atoms with Gasteiger partial charge in [0.2, 0.25) is 0 Å². The summed E-state index contributed by atoms with van der Waals surface area (Å²) in [6.07, 6.45) is 2.27. The van der Waals surface area contributed by atoms with Crippen molar-refractivity contribution in [3.8, 4) is 0 Å². The Labute approximate surface area is 138 Å². The van der Waals surface area contributed by atoms with E-state index in [1.54, 1.807) is 10.9 Å². The molecule has 0 saturated carbocycles. The summed E-state index contributed by atoms with van der Waals surface area (Å²) in [5.41, 5.74) is 1.28. The van der Waals surface area contributed by atoms with Crippen LogP contribution in [0.1, 0.15) is 69.1 Å². The minimum absolute atomic E-state index is 0.0673. The third-order valence-electron chi connectivity index (χ3n) is 4.49. The summed E-state index contributed by atoms with van der Waals surface area (Å²) < 4.78 is 25.0. The third-order valence-corrected chi connectivity index (χ3v) is 6.24. The summed E-state index contributed by atoms with van der Waals surface area (Å²) in [5.74, 6) is 0.610. The lowest BCUT2D eigenvalue weighted by atomic mass is 10.0. The lowest BCUT2D eigenvalue weighted by molar-refractivity contribution is 0.0929. The monoisotopic (exact) mass is 341 g/mol. The number of nitrogens with zero attached hydrogens (tertiary/aromatic N) is 2. The van der Waals surface area contributed by atoms with E-state index in [4.69, 9.17) is 0 Å². The molecule has 0 bridgehead atoms.